The molecule has 12 bridgehead atoms. The molecule has 17 N–H and O–H groups in total. The molecular weight excluding hydrogens is 964 g/mol. The summed E-state index contributed by atoms with van der Waals surface area (Å²) in [6, 6.07) is 0. The lowest BCUT2D eigenvalue weighted by Gasteiger charge is -2.51. The minimum Gasteiger partial charge on any atom is -0.394 e. The zero-order valence-corrected chi connectivity index (χ0v) is 37.3. The summed E-state index contributed by atoms with van der Waals surface area (Å²) in [6.07, 6.45) is -56.6. The molecule has 22 aliphatic rings. The lowest BCUT2D eigenvalue weighted by Crippen LogP contribution is -2.69. The largest absolute Gasteiger partial charge is 0.394 e. The fourth-order valence-electron chi connectivity index (χ4n) is 9.46. The Hall–Kier alpha value is -1.24. The van der Waals surface area contributed by atoms with Crippen LogP contribution in [0.5, 0.6) is 0 Å². The molecule has 22 fully saturated rings. The predicted molar refractivity (Wildman–Crippen MR) is 211 cm³/mol. The Morgan fingerprint density at radius 3 is 0.786 bits per heavy atom. The highest BCUT2D eigenvalue weighted by Crippen LogP contribution is 2.39. The van der Waals surface area contributed by atoms with E-state index in [1.165, 1.54) is 0 Å². The van der Waals surface area contributed by atoms with Crippen molar-refractivity contribution >= 4 is 0 Å². The summed E-state index contributed by atoms with van der Waals surface area (Å²) in [5.41, 5.74) is 0. The monoisotopic (exact) mass is 1030 g/mol. The summed E-state index contributed by atoms with van der Waals surface area (Å²) in [7, 11) is 0. The van der Waals surface area contributed by atoms with Crippen molar-refractivity contribution in [2.45, 2.75) is 198 Å². The standard InChI is InChI=1S/C39H66O31/c1-2-3-57-32-24(54)38-62-14(8-44)30(32)68-37-23(53)19(49)28(12(6-42)61-37)66-35-21(51)17(47)26(10(4-40)59-35)64-34-20(50)16(46)27(11(5-41)58-34)65-36-22(52)18(48)29(13(7-43)60-36)67-39-25(55)33(70-56)31(69-38)15(9-45)63-39/h10-56H,2-9H2,1H3/t10-,11-,12-,13-,14-,15-,16-,17-,18-,19-,20-,21-,22-,23-,24-,25-,26-,27-,28-,29-,30+,31+,32-,33-,34-,35-,36-,37-,38-,39-/m1/s1. The summed E-state index contributed by atoms with van der Waals surface area (Å²) in [5.74, 6) is 0. The summed E-state index contributed by atoms with van der Waals surface area (Å²) < 4.78 is 75.3. The SMILES string of the molecule is CCCO[C@@H]1[C@@H](O)[C@H]2O[C@@H]3[C@H](OO)[C@@H](O)[C@@H](O[C@H]4[C@H](O)[C@@H](O)[C@@H](O[C@H]5[C@H](O)[C@@H](O)[C@@H](O[C@H]6[C@H](O)[C@@H](O)[C@@H](O[C@H]7[C@H](O)[C@@H](O)[C@@H](O[C@H]1[C@@H](CO)O2)O[C@@H]7CO)O[C@@H]6CO)O[C@@H]5CO)O[C@@H]4CO)O[C@@H]3CO. The predicted octanol–water partition coefficient (Wildman–Crippen LogP) is -11.1. The van der Waals surface area contributed by atoms with Crippen molar-refractivity contribution in [3.63, 3.8) is 0 Å². The molecule has 22 saturated heterocycles. The van der Waals surface area contributed by atoms with Crippen molar-refractivity contribution in [3.8, 4) is 0 Å². The van der Waals surface area contributed by atoms with E-state index >= 15 is 0 Å². The van der Waals surface area contributed by atoms with Gasteiger partial charge in [0.25, 0.3) is 0 Å². The average molecular weight is 1030 g/mol. The van der Waals surface area contributed by atoms with Crippen LogP contribution in [-0.2, 0) is 66.5 Å². The maximum absolute atomic E-state index is 11.7. The second-order valence-corrected chi connectivity index (χ2v) is 17.8. The third-order valence-electron chi connectivity index (χ3n) is 13.3. The first-order chi connectivity index (χ1) is 33.5. The Morgan fingerprint density at radius 1 is 0.300 bits per heavy atom. The van der Waals surface area contributed by atoms with Crippen molar-refractivity contribution in [1.82, 2.24) is 0 Å². The molecule has 22 heterocycles. The highest BCUT2D eigenvalue weighted by molar-refractivity contribution is 5.01. The van der Waals surface area contributed by atoms with Crippen LogP contribution in [0, 0.1) is 0 Å². The van der Waals surface area contributed by atoms with E-state index in [0.717, 1.165) is 0 Å². The zero-order valence-electron chi connectivity index (χ0n) is 37.3. The molecule has 70 heavy (non-hydrogen) atoms. The highest BCUT2D eigenvalue weighted by atomic mass is 17.1. The molecule has 0 unspecified atom stereocenters. The van der Waals surface area contributed by atoms with Gasteiger partial charge in [-0.2, -0.15) is 0 Å². The topological polar surface area (TPSA) is 473 Å². The summed E-state index contributed by atoms with van der Waals surface area (Å²) in [6.45, 7) is -4.25. The minimum atomic E-state index is -2.16. The molecule has 0 radical (unpaired) electrons. The molecule has 0 aromatic rings. The van der Waals surface area contributed by atoms with Crippen molar-refractivity contribution < 1.29 is 153 Å². The molecule has 408 valence electrons. The maximum Gasteiger partial charge on any atom is 0.187 e. The van der Waals surface area contributed by atoms with Gasteiger partial charge in [0.1, 0.15) is 140 Å². The first-order valence-electron chi connectivity index (χ1n) is 22.7. The van der Waals surface area contributed by atoms with E-state index in [-0.39, 0.29) is 6.61 Å². The van der Waals surface area contributed by atoms with Gasteiger partial charge >= 0.3 is 0 Å². The molecule has 31 heteroatoms. The van der Waals surface area contributed by atoms with Gasteiger partial charge < -0.3 is 143 Å². The molecule has 0 spiro atoms. The van der Waals surface area contributed by atoms with Crippen molar-refractivity contribution in [1.29, 1.82) is 0 Å². The average Bonchev–Trinajstić information content (AvgIpc) is 3.35. The fourth-order valence-corrected chi connectivity index (χ4v) is 9.46. The molecule has 22 aliphatic heterocycles. The minimum absolute atomic E-state index is 0.0757. The van der Waals surface area contributed by atoms with Crippen LogP contribution in [0.15, 0.2) is 0 Å². The van der Waals surface area contributed by atoms with Crippen LogP contribution in [0.4, 0.5) is 0 Å². The van der Waals surface area contributed by atoms with Crippen LogP contribution in [-0.4, -0.2) is 317 Å². The molecule has 0 aliphatic carbocycles. The molecule has 0 aromatic carbocycles. The summed E-state index contributed by atoms with van der Waals surface area (Å²) in [4.78, 5) is 4.56. The van der Waals surface area contributed by atoms with Crippen LogP contribution in [0.25, 0.3) is 0 Å². The lowest BCUT2D eigenvalue weighted by atomic mass is 9.94. The van der Waals surface area contributed by atoms with Crippen LogP contribution in [0.1, 0.15) is 13.3 Å². The van der Waals surface area contributed by atoms with Crippen molar-refractivity contribution in [2.24, 2.45) is 0 Å². The second kappa shape index (κ2) is 24.6. The summed E-state index contributed by atoms with van der Waals surface area (Å²) in [5, 5.41) is 186. The highest BCUT2D eigenvalue weighted by Gasteiger charge is 2.59. The van der Waals surface area contributed by atoms with E-state index in [9.17, 15) is 87.0 Å². The van der Waals surface area contributed by atoms with Gasteiger partial charge in [0.05, 0.1) is 39.6 Å². The van der Waals surface area contributed by atoms with Crippen LogP contribution >= 0.6 is 0 Å². The van der Waals surface area contributed by atoms with Gasteiger partial charge in [0.2, 0.25) is 0 Å². The quantitative estimate of drug-likeness (QED) is 0.0713. The third kappa shape index (κ3) is 11.2. The lowest BCUT2D eigenvalue weighted by molar-refractivity contribution is -0.422. The van der Waals surface area contributed by atoms with Gasteiger partial charge in [0, 0.05) is 6.61 Å². The van der Waals surface area contributed by atoms with Gasteiger partial charge in [-0.05, 0) is 6.42 Å². The second-order valence-electron chi connectivity index (χ2n) is 17.8. The Labute approximate surface area is 397 Å². The number of aliphatic hydroxyl groups is 16. The number of rotatable bonds is 10. The van der Waals surface area contributed by atoms with E-state index < -0.39 is 224 Å². The van der Waals surface area contributed by atoms with E-state index in [0.29, 0.717) is 6.42 Å². The molecular formula is C39H66O31. The van der Waals surface area contributed by atoms with Gasteiger partial charge in [-0.3, -0.25) is 5.26 Å². The van der Waals surface area contributed by atoms with E-state index in [1.54, 1.807) is 6.92 Å². The smallest absolute Gasteiger partial charge is 0.187 e. The number of hydrogen-bond donors (Lipinski definition) is 17. The normalized spacial score (nSPS) is 52.9. The maximum atomic E-state index is 11.7. The van der Waals surface area contributed by atoms with E-state index in [2.05, 4.69) is 4.89 Å². The Kier molecular flexibility index (Phi) is 19.9. The number of aliphatic hydroxyl groups excluding tert-OH is 16. The van der Waals surface area contributed by atoms with E-state index in [4.69, 9.17) is 61.6 Å². The first-order valence-corrected chi connectivity index (χ1v) is 22.7. The van der Waals surface area contributed by atoms with Gasteiger partial charge in [-0.25, -0.2) is 4.89 Å². The Balaban J connectivity index is 1.22. The van der Waals surface area contributed by atoms with Crippen molar-refractivity contribution in [2.75, 3.05) is 46.2 Å². The number of ether oxygens (including phenoxy) is 13. The third-order valence-corrected chi connectivity index (χ3v) is 13.3. The molecule has 30 atom stereocenters. The van der Waals surface area contributed by atoms with Gasteiger partial charge in [-0.15, -0.1) is 0 Å². The zero-order chi connectivity index (χ0) is 50.9. The van der Waals surface area contributed by atoms with Crippen LogP contribution in [0.3, 0.4) is 0 Å². The van der Waals surface area contributed by atoms with Crippen molar-refractivity contribution in [3.05, 3.63) is 0 Å². The Morgan fingerprint density at radius 2 is 0.529 bits per heavy atom. The van der Waals surface area contributed by atoms with Crippen LogP contribution in [0.2, 0.25) is 0 Å². The summed E-state index contributed by atoms with van der Waals surface area (Å²) >= 11 is 0. The van der Waals surface area contributed by atoms with Gasteiger partial charge in [-0.1, -0.05) is 6.92 Å². The van der Waals surface area contributed by atoms with E-state index in [1.807, 2.05) is 0 Å². The molecule has 31 nitrogen and oxygen atoms in total. The van der Waals surface area contributed by atoms with Crippen LogP contribution < -0.4 is 0 Å². The Bertz CT molecular complexity index is 1590. The van der Waals surface area contributed by atoms with Gasteiger partial charge in [0.15, 0.2) is 43.8 Å². The molecule has 0 aromatic heterocycles. The molecule has 0 amide bonds. The molecule has 22 rings (SSSR count). The molecule has 0 saturated carbocycles. The first kappa shape index (κ1) is 56.5. The fraction of sp³-hybridized carbons (Fsp3) is 1.00. The number of hydrogen-bond acceptors (Lipinski definition) is 31.